The van der Waals surface area contributed by atoms with E-state index in [1.54, 1.807) is 0 Å². The predicted molar refractivity (Wildman–Crippen MR) is 90.1 cm³/mol. The van der Waals surface area contributed by atoms with E-state index < -0.39 is 11.7 Å². The molecule has 0 spiro atoms. The SMILES string of the molecule is FC(F)(F)c1ccc(NC(=S)NCc2ccc3c(c2)CCO3)cc1. The molecule has 0 fully saturated rings. The fraction of sp³-hybridized carbons (Fsp3) is 0.235. The van der Waals surface area contributed by atoms with E-state index in [0.29, 0.717) is 24.0 Å². The lowest BCUT2D eigenvalue weighted by molar-refractivity contribution is -0.137. The van der Waals surface area contributed by atoms with E-state index >= 15 is 0 Å². The van der Waals surface area contributed by atoms with Crippen molar-refractivity contribution in [2.45, 2.75) is 19.1 Å². The second-order valence-corrected chi connectivity index (χ2v) is 5.83. The van der Waals surface area contributed by atoms with Crippen LogP contribution in [-0.4, -0.2) is 11.7 Å². The molecule has 7 heteroatoms. The van der Waals surface area contributed by atoms with Gasteiger partial charge in [0.15, 0.2) is 5.11 Å². The lowest BCUT2D eigenvalue weighted by Gasteiger charge is -2.12. The van der Waals surface area contributed by atoms with E-state index in [9.17, 15) is 13.2 Å². The first-order valence-corrected chi connectivity index (χ1v) is 7.79. The summed E-state index contributed by atoms with van der Waals surface area (Å²) in [7, 11) is 0. The van der Waals surface area contributed by atoms with E-state index in [1.165, 1.54) is 17.7 Å². The highest BCUT2D eigenvalue weighted by atomic mass is 32.1. The van der Waals surface area contributed by atoms with Crippen LogP contribution in [0.5, 0.6) is 5.75 Å². The molecule has 0 saturated heterocycles. The summed E-state index contributed by atoms with van der Waals surface area (Å²) >= 11 is 5.17. The van der Waals surface area contributed by atoms with Crippen molar-refractivity contribution < 1.29 is 17.9 Å². The number of thiocarbonyl (C=S) groups is 1. The minimum atomic E-state index is -4.34. The third kappa shape index (κ3) is 3.97. The largest absolute Gasteiger partial charge is 0.493 e. The van der Waals surface area contributed by atoms with Gasteiger partial charge in [0.1, 0.15) is 5.75 Å². The first-order chi connectivity index (χ1) is 11.4. The molecule has 0 amide bonds. The van der Waals surface area contributed by atoms with E-state index in [1.807, 2.05) is 12.1 Å². The number of fused-ring (bicyclic) bond motifs is 1. The molecule has 0 atom stereocenters. The quantitative estimate of drug-likeness (QED) is 0.814. The third-order valence-electron chi connectivity index (χ3n) is 3.68. The van der Waals surface area contributed by atoms with Gasteiger partial charge in [-0.25, -0.2) is 0 Å². The molecule has 2 N–H and O–H groups in total. The summed E-state index contributed by atoms with van der Waals surface area (Å²) in [5.41, 5.74) is 2.06. The van der Waals surface area contributed by atoms with Crippen LogP contribution in [0.1, 0.15) is 16.7 Å². The number of alkyl halides is 3. The van der Waals surface area contributed by atoms with Crippen LogP contribution in [0.2, 0.25) is 0 Å². The van der Waals surface area contributed by atoms with Crippen LogP contribution in [0.3, 0.4) is 0 Å². The van der Waals surface area contributed by atoms with Gasteiger partial charge in [-0.3, -0.25) is 0 Å². The maximum absolute atomic E-state index is 12.5. The monoisotopic (exact) mass is 352 g/mol. The summed E-state index contributed by atoms with van der Waals surface area (Å²) < 4.78 is 43.0. The Morgan fingerprint density at radius 2 is 1.88 bits per heavy atom. The average Bonchev–Trinajstić information content (AvgIpc) is 3.00. The van der Waals surface area contributed by atoms with Gasteiger partial charge in [0.05, 0.1) is 12.2 Å². The molecule has 0 unspecified atom stereocenters. The number of rotatable bonds is 3. The highest BCUT2D eigenvalue weighted by molar-refractivity contribution is 7.80. The third-order valence-corrected chi connectivity index (χ3v) is 3.92. The van der Waals surface area contributed by atoms with Crippen LogP contribution in [0, 0.1) is 0 Å². The lowest BCUT2D eigenvalue weighted by atomic mass is 10.1. The van der Waals surface area contributed by atoms with Crippen molar-refractivity contribution in [1.82, 2.24) is 5.32 Å². The van der Waals surface area contributed by atoms with Crippen molar-refractivity contribution in [2.24, 2.45) is 0 Å². The maximum Gasteiger partial charge on any atom is 0.416 e. The zero-order valence-electron chi connectivity index (χ0n) is 12.6. The van der Waals surface area contributed by atoms with Crippen LogP contribution in [0.25, 0.3) is 0 Å². The summed E-state index contributed by atoms with van der Waals surface area (Å²) in [6, 6.07) is 10.7. The molecule has 0 aliphatic carbocycles. The van der Waals surface area contributed by atoms with Gasteiger partial charge in [-0.05, 0) is 53.7 Å². The van der Waals surface area contributed by atoms with E-state index in [2.05, 4.69) is 16.7 Å². The van der Waals surface area contributed by atoms with Crippen LogP contribution in [0.4, 0.5) is 18.9 Å². The van der Waals surface area contributed by atoms with Gasteiger partial charge in [0, 0.05) is 18.7 Å². The fourth-order valence-corrected chi connectivity index (χ4v) is 2.64. The number of benzene rings is 2. The molecule has 126 valence electrons. The molecule has 0 radical (unpaired) electrons. The van der Waals surface area contributed by atoms with Crippen molar-refractivity contribution in [3.8, 4) is 5.75 Å². The second-order valence-electron chi connectivity index (χ2n) is 5.42. The standard InChI is InChI=1S/C17H15F3N2OS/c18-17(19,20)13-2-4-14(5-3-13)22-16(24)21-10-11-1-6-15-12(9-11)7-8-23-15/h1-6,9H,7-8,10H2,(H2,21,22,24). The Kier molecular flexibility index (Phi) is 4.62. The van der Waals surface area contributed by atoms with Crippen LogP contribution >= 0.6 is 12.2 Å². The molecule has 24 heavy (non-hydrogen) atoms. The zero-order chi connectivity index (χ0) is 17.2. The molecule has 3 nitrogen and oxygen atoms in total. The van der Waals surface area contributed by atoms with Crippen molar-refractivity contribution >= 4 is 23.0 Å². The Bertz CT molecular complexity index is 744. The average molecular weight is 352 g/mol. The van der Waals surface area contributed by atoms with E-state index in [4.69, 9.17) is 17.0 Å². The van der Waals surface area contributed by atoms with Crippen molar-refractivity contribution in [3.63, 3.8) is 0 Å². The highest BCUT2D eigenvalue weighted by Crippen LogP contribution is 2.29. The molecule has 0 saturated carbocycles. The van der Waals surface area contributed by atoms with Gasteiger partial charge in [-0.15, -0.1) is 0 Å². The molecule has 3 rings (SSSR count). The zero-order valence-corrected chi connectivity index (χ0v) is 13.4. The number of halogens is 3. The molecule has 0 bridgehead atoms. The van der Waals surface area contributed by atoms with Crippen molar-refractivity contribution in [1.29, 1.82) is 0 Å². The minimum Gasteiger partial charge on any atom is -0.493 e. The number of anilines is 1. The van der Waals surface area contributed by atoms with Gasteiger partial charge < -0.3 is 15.4 Å². The van der Waals surface area contributed by atoms with Crippen LogP contribution in [0.15, 0.2) is 42.5 Å². The topological polar surface area (TPSA) is 33.3 Å². The maximum atomic E-state index is 12.5. The van der Waals surface area contributed by atoms with Gasteiger partial charge in [0.2, 0.25) is 0 Å². The van der Waals surface area contributed by atoms with Gasteiger partial charge in [0.25, 0.3) is 0 Å². The predicted octanol–water partition coefficient (Wildman–Crippen LogP) is 4.13. The Morgan fingerprint density at radius 1 is 1.12 bits per heavy atom. The molecule has 0 aromatic heterocycles. The molecular formula is C17H15F3N2OS. The summed E-state index contributed by atoms with van der Waals surface area (Å²) in [6.07, 6.45) is -3.44. The molecular weight excluding hydrogens is 337 g/mol. The Labute approximate surface area is 142 Å². The number of hydrogen-bond donors (Lipinski definition) is 2. The van der Waals surface area contributed by atoms with Crippen LogP contribution < -0.4 is 15.4 Å². The number of nitrogens with one attached hydrogen (secondary N) is 2. The van der Waals surface area contributed by atoms with E-state index in [0.717, 1.165) is 29.9 Å². The second kappa shape index (κ2) is 6.68. The van der Waals surface area contributed by atoms with E-state index in [-0.39, 0.29) is 0 Å². The van der Waals surface area contributed by atoms with Crippen molar-refractivity contribution in [2.75, 3.05) is 11.9 Å². The summed E-state index contributed by atoms with van der Waals surface area (Å²) in [6.45, 7) is 1.24. The molecule has 2 aromatic rings. The Morgan fingerprint density at radius 3 is 2.58 bits per heavy atom. The Hall–Kier alpha value is -2.28. The summed E-state index contributed by atoms with van der Waals surface area (Å²) in [5, 5.41) is 6.27. The molecule has 1 aliphatic rings. The highest BCUT2D eigenvalue weighted by Gasteiger charge is 2.29. The van der Waals surface area contributed by atoms with Crippen molar-refractivity contribution in [3.05, 3.63) is 59.2 Å². The Balaban J connectivity index is 1.54. The van der Waals surface area contributed by atoms with Gasteiger partial charge in [-0.2, -0.15) is 13.2 Å². The smallest absolute Gasteiger partial charge is 0.416 e. The molecule has 1 heterocycles. The first-order valence-electron chi connectivity index (χ1n) is 7.38. The summed E-state index contributed by atoms with van der Waals surface area (Å²) in [5.74, 6) is 0.921. The first kappa shape index (κ1) is 16.6. The minimum absolute atomic E-state index is 0.353. The number of ether oxygens (including phenoxy) is 1. The van der Waals surface area contributed by atoms with Crippen LogP contribution in [-0.2, 0) is 19.1 Å². The summed E-state index contributed by atoms with van der Waals surface area (Å²) in [4.78, 5) is 0. The molecule has 2 aromatic carbocycles. The normalized spacial score (nSPS) is 13.1. The van der Waals surface area contributed by atoms with Gasteiger partial charge >= 0.3 is 6.18 Å². The number of hydrogen-bond acceptors (Lipinski definition) is 2. The fourth-order valence-electron chi connectivity index (χ4n) is 2.45. The molecule has 1 aliphatic heterocycles. The lowest BCUT2D eigenvalue weighted by Crippen LogP contribution is -2.27. The van der Waals surface area contributed by atoms with Gasteiger partial charge in [-0.1, -0.05) is 12.1 Å².